The molecule has 0 bridgehead atoms. The van der Waals surface area contributed by atoms with Crippen LogP contribution in [0, 0.1) is 0 Å². The summed E-state index contributed by atoms with van der Waals surface area (Å²) in [5.41, 5.74) is 1.97. The smallest absolute Gasteiger partial charge is 0.340 e. The predicted octanol–water partition coefficient (Wildman–Crippen LogP) is 6.38. The fourth-order valence-corrected chi connectivity index (χ4v) is 4.18. The lowest BCUT2D eigenvalue weighted by atomic mass is 10.1. The molecule has 0 spiro atoms. The fraction of sp³-hybridized carbons (Fsp3) is 0.100. The molecule has 0 amide bonds. The van der Waals surface area contributed by atoms with Gasteiger partial charge in [-0.25, -0.2) is 4.98 Å². The van der Waals surface area contributed by atoms with Crippen LogP contribution in [0.3, 0.4) is 0 Å². The summed E-state index contributed by atoms with van der Waals surface area (Å²) in [7, 11) is 0. The maximum Gasteiger partial charge on any atom is 0.416 e. The number of aromatic nitrogens is 1. The van der Waals surface area contributed by atoms with Crippen LogP contribution in [0.15, 0.2) is 69.3 Å². The fourth-order valence-electron chi connectivity index (χ4n) is 3.25. The molecular weight excluding hydrogens is 399 g/mol. The standard InChI is InChI=1S/C20H12F3N5S/c21-20(22,23)12-2-1-3-13(9-12)25-19-15-6-7-29-18(15)14-5-4-11(8-16(14)26-19)17-10-24-28-27-17/h1-9H,10H2,(H,25,26). The molecule has 3 heterocycles. The van der Waals surface area contributed by atoms with Crippen LogP contribution in [0.1, 0.15) is 11.1 Å². The molecule has 5 rings (SSSR count). The predicted molar refractivity (Wildman–Crippen MR) is 108 cm³/mol. The molecule has 29 heavy (non-hydrogen) atoms. The number of alkyl halides is 3. The SMILES string of the molecule is FC(F)(F)c1cccc(Nc2nc3cc(C4=NN=NC4)ccc3c3sccc23)c1. The van der Waals surface area contributed by atoms with Crippen molar-refractivity contribution in [2.75, 3.05) is 11.9 Å². The summed E-state index contributed by atoms with van der Waals surface area (Å²) in [5.74, 6) is 0.507. The van der Waals surface area contributed by atoms with Gasteiger partial charge in [0.05, 0.1) is 16.8 Å². The Bertz CT molecular complexity index is 1310. The summed E-state index contributed by atoms with van der Waals surface area (Å²) in [6, 6.07) is 12.8. The molecule has 0 unspecified atom stereocenters. The molecule has 0 fully saturated rings. The minimum atomic E-state index is -4.40. The van der Waals surface area contributed by atoms with Crippen LogP contribution < -0.4 is 5.32 Å². The number of nitrogens with zero attached hydrogens (tertiary/aromatic N) is 4. The van der Waals surface area contributed by atoms with Crippen LogP contribution in [0.5, 0.6) is 0 Å². The van der Waals surface area contributed by atoms with E-state index in [0.29, 0.717) is 18.1 Å². The summed E-state index contributed by atoms with van der Waals surface area (Å²) >= 11 is 1.56. The average molecular weight is 411 g/mol. The zero-order valence-electron chi connectivity index (χ0n) is 14.7. The van der Waals surface area contributed by atoms with Crippen molar-refractivity contribution >= 4 is 49.5 Å². The first kappa shape index (κ1) is 17.7. The molecule has 1 N–H and O–H groups in total. The second-order valence-electron chi connectivity index (χ2n) is 6.49. The zero-order chi connectivity index (χ0) is 20.0. The van der Waals surface area contributed by atoms with Gasteiger partial charge in [0.2, 0.25) is 0 Å². The maximum absolute atomic E-state index is 13.0. The third-order valence-electron chi connectivity index (χ3n) is 4.63. The highest BCUT2D eigenvalue weighted by molar-refractivity contribution is 7.18. The first-order chi connectivity index (χ1) is 14.0. The molecule has 1 aliphatic rings. The molecule has 9 heteroatoms. The lowest BCUT2D eigenvalue weighted by Crippen LogP contribution is -2.05. The molecule has 2 aromatic heterocycles. The minimum Gasteiger partial charge on any atom is -0.340 e. The summed E-state index contributed by atoms with van der Waals surface area (Å²) in [6.07, 6.45) is -4.40. The van der Waals surface area contributed by atoms with E-state index in [4.69, 9.17) is 4.98 Å². The quantitative estimate of drug-likeness (QED) is 0.425. The van der Waals surface area contributed by atoms with Crippen LogP contribution in [0.4, 0.5) is 24.7 Å². The van der Waals surface area contributed by atoms with E-state index in [9.17, 15) is 13.2 Å². The van der Waals surface area contributed by atoms with E-state index in [1.165, 1.54) is 6.07 Å². The van der Waals surface area contributed by atoms with Crippen molar-refractivity contribution in [1.82, 2.24) is 4.98 Å². The van der Waals surface area contributed by atoms with E-state index in [1.54, 1.807) is 17.4 Å². The number of hydrogen-bond donors (Lipinski definition) is 1. The van der Waals surface area contributed by atoms with Gasteiger partial charge in [0.15, 0.2) is 0 Å². The van der Waals surface area contributed by atoms with Crippen molar-refractivity contribution in [3.05, 3.63) is 65.0 Å². The maximum atomic E-state index is 13.0. The Balaban J connectivity index is 1.62. The van der Waals surface area contributed by atoms with Gasteiger partial charge in [-0.05, 0) is 40.9 Å². The van der Waals surface area contributed by atoms with Gasteiger partial charge in [0, 0.05) is 26.7 Å². The third kappa shape index (κ3) is 3.23. The summed E-state index contributed by atoms with van der Waals surface area (Å²) in [6.45, 7) is 0.419. The van der Waals surface area contributed by atoms with Gasteiger partial charge >= 0.3 is 6.18 Å². The van der Waals surface area contributed by atoms with Crippen molar-refractivity contribution in [1.29, 1.82) is 0 Å². The van der Waals surface area contributed by atoms with Gasteiger partial charge in [-0.3, -0.25) is 0 Å². The Morgan fingerprint density at radius 2 is 1.90 bits per heavy atom. The lowest BCUT2D eigenvalue weighted by molar-refractivity contribution is -0.137. The lowest BCUT2D eigenvalue weighted by Gasteiger charge is -2.12. The van der Waals surface area contributed by atoms with E-state index in [0.717, 1.165) is 44.4 Å². The second kappa shape index (κ2) is 6.63. The summed E-state index contributed by atoms with van der Waals surface area (Å²) in [4.78, 5) is 4.69. The van der Waals surface area contributed by atoms with Crippen molar-refractivity contribution in [3.63, 3.8) is 0 Å². The van der Waals surface area contributed by atoms with Gasteiger partial charge in [0.25, 0.3) is 0 Å². The zero-order valence-corrected chi connectivity index (χ0v) is 15.6. The Morgan fingerprint density at radius 3 is 2.69 bits per heavy atom. The summed E-state index contributed by atoms with van der Waals surface area (Å²) < 4.78 is 40.1. The largest absolute Gasteiger partial charge is 0.416 e. The molecule has 0 atom stereocenters. The van der Waals surface area contributed by atoms with Gasteiger partial charge in [-0.2, -0.15) is 18.3 Å². The molecule has 0 saturated heterocycles. The number of anilines is 2. The Kier molecular flexibility index (Phi) is 4.06. The van der Waals surface area contributed by atoms with Crippen molar-refractivity contribution in [3.8, 4) is 0 Å². The van der Waals surface area contributed by atoms with Gasteiger partial charge in [-0.1, -0.05) is 18.2 Å². The number of fused-ring (bicyclic) bond motifs is 3. The van der Waals surface area contributed by atoms with Crippen molar-refractivity contribution in [2.24, 2.45) is 15.4 Å². The van der Waals surface area contributed by atoms with Gasteiger partial charge < -0.3 is 5.32 Å². The first-order valence-corrected chi connectivity index (χ1v) is 9.56. The number of thiophene rings is 1. The number of halogens is 3. The molecule has 0 aliphatic carbocycles. The highest BCUT2D eigenvalue weighted by atomic mass is 32.1. The van der Waals surface area contributed by atoms with E-state index < -0.39 is 11.7 Å². The Labute approximate surface area is 166 Å². The van der Waals surface area contributed by atoms with Crippen LogP contribution in [-0.4, -0.2) is 17.2 Å². The highest BCUT2D eigenvalue weighted by Gasteiger charge is 2.30. The van der Waals surface area contributed by atoms with Crippen LogP contribution in [0.25, 0.3) is 21.0 Å². The molecule has 0 radical (unpaired) electrons. The Morgan fingerprint density at radius 1 is 1.00 bits per heavy atom. The van der Waals surface area contributed by atoms with Crippen molar-refractivity contribution < 1.29 is 13.2 Å². The normalized spacial score (nSPS) is 14.0. The van der Waals surface area contributed by atoms with Crippen LogP contribution in [-0.2, 0) is 6.18 Å². The molecule has 1 aliphatic heterocycles. The molecule has 144 valence electrons. The van der Waals surface area contributed by atoms with Gasteiger partial charge in [0.1, 0.15) is 12.4 Å². The van der Waals surface area contributed by atoms with Crippen molar-refractivity contribution in [2.45, 2.75) is 6.18 Å². The first-order valence-electron chi connectivity index (χ1n) is 8.68. The molecule has 5 nitrogen and oxygen atoms in total. The molecule has 4 aromatic rings. The monoisotopic (exact) mass is 411 g/mol. The highest BCUT2D eigenvalue weighted by Crippen LogP contribution is 2.36. The molecular formula is C20H12F3N5S. The number of rotatable bonds is 3. The van der Waals surface area contributed by atoms with E-state index >= 15 is 0 Å². The van der Waals surface area contributed by atoms with E-state index in [-0.39, 0.29) is 0 Å². The van der Waals surface area contributed by atoms with Crippen LogP contribution >= 0.6 is 11.3 Å². The number of nitrogens with one attached hydrogen (secondary N) is 1. The Hall–Kier alpha value is -3.33. The molecule has 0 saturated carbocycles. The number of hydrogen-bond acceptors (Lipinski definition) is 6. The third-order valence-corrected chi connectivity index (χ3v) is 5.58. The van der Waals surface area contributed by atoms with E-state index in [1.807, 2.05) is 29.6 Å². The average Bonchev–Trinajstić information content (AvgIpc) is 3.39. The van der Waals surface area contributed by atoms with Crippen LogP contribution in [0.2, 0.25) is 0 Å². The topological polar surface area (TPSA) is 62.0 Å². The number of benzene rings is 2. The second-order valence-corrected chi connectivity index (χ2v) is 7.41. The summed E-state index contributed by atoms with van der Waals surface area (Å²) in [5, 5.41) is 18.4. The molecule has 2 aromatic carbocycles. The minimum absolute atomic E-state index is 0.327. The van der Waals surface area contributed by atoms with E-state index in [2.05, 4.69) is 20.8 Å². The number of pyridine rings is 1. The van der Waals surface area contributed by atoms with Gasteiger partial charge in [-0.15, -0.1) is 16.4 Å².